The van der Waals surface area contributed by atoms with Crippen molar-refractivity contribution in [2.45, 2.75) is 111 Å². The molecule has 1 fully saturated rings. The number of methoxy groups -OCH3 is 2. The van der Waals surface area contributed by atoms with Crippen LogP contribution in [0.15, 0.2) is 0 Å². The SMILES string of the molecule is CCC(C)C([C@@H](CC(=O)N1CCC[C@H]1[C@H](OC)[C@@H](C)C(=O)NC)OC)N(C)C(=O)[C@@H](CC(=O)[C@@H](NC)C(C)C)C(C)C. The van der Waals surface area contributed by atoms with E-state index in [0.29, 0.717) is 6.54 Å². The zero-order chi connectivity index (χ0) is 32.3. The third-order valence-electron chi connectivity index (χ3n) is 9.37. The van der Waals surface area contributed by atoms with E-state index in [1.54, 1.807) is 40.3 Å². The highest BCUT2D eigenvalue weighted by atomic mass is 16.5. The van der Waals surface area contributed by atoms with Crippen molar-refractivity contribution in [2.24, 2.45) is 29.6 Å². The minimum atomic E-state index is -0.538. The van der Waals surface area contributed by atoms with Crippen molar-refractivity contribution in [3.8, 4) is 0 Å². The Labute approximate surface area is 255 Å². The van der Waals surface area contributed by atoms with Gasteiger partial charge in [0.1, 0.15) is 0 Å². The number of rotatable bonds is 18. The number of nitrogens with one attached hydrogen (secondary N) is 2. The van der Waals surface area contributed by atoms with Crippen LogP contribution in [0.25, 0.3) is 0 Å². The maximum absolute atomic E-state index is 14.0. The quantitative estimate of drug-likeness (QED) is 0.250. The number of carbonyl (C=O) groups excluding carboxylic acids is 4. The summed E-state index contributed by atoms with van der Waals surface area (Å²) in [7, 11) is 8.32. The lowest BCUT2D eigenvalue weighted by molar-refractivity contribution is -0.149. The number of ether oxygens (including phenoxy) is 2. The molecule has 0 aliphatic carbocycles. The highest BCUT2D eigenvalue weighted by molar-refractivity contribution is 5.90. The number of nitrogens with zero attached hydrogens (tertiary/aromatic N) is 2. The highest BCUT2D eigenvalue weighted by Gasteiger charge is 2.42. The van der Waals surface area contributed by atoms with Crippen LogP contribution in [0.1, 0.15) is 80.6 Å². The van der Waals surface area contributed by atoms with Gasteiger partial charge in [-0.25, -0.2) is 0 Å². The molecule has 0 aromatic heterocycles. The molecule has 1 saturated heterocycles. The van der Waals surface area contributed by atoms with Gasteiger partial charge < -0.3 is 29.9 Å². The number of likely N-dealkylation sites (tertiary alicyclic amines) is 1. The lowest BCUT2D eigenvalue weighted by Crippen LogP contribution is -2.54. The molecule has 0 radical (unpaired) electrons. The van der Waals surface area contributed by atoms with E-state index in [2.05, 4.69) is 24.5 Å². The first-order valence-corrected chi connectivity index (χ1v) is 15.7. The fourth-order valence-corrected chi connectivity index (χ4v) is 6.61. The monoisotopic (exact) mass is 596 g/mol. The lowest BCUT2D eigenvalue weighted by Gasteiger charge is -2.41. The number of carbonyl (C=O) groups is 4. The van der Waals surface area contributed by atoms with Crippen LogP contribution >= 0.6 is 0 Å². The molecule has 10 nitrogen and oxygen atoms in total. The van der Waals surface area contributed by atoms with Gasteiger partial charge in [-0.15, -0.1) is 0 Å². The van der Waals surface area contributed by atoms with Crippen molar-refractivity contribution in [3.05, 3.63) is 0 Å². The maximum Gasteiger partial charge on any atom is 0.226 e. The Morgan fingerprint density at radius 3 is 2.02 bits per heavy atom. The molecular weight excluding hydrogens is 536 g/mol. The topological polar surface area (TPSA) is 117 Å². The zero-order valence-corrected chi connectivity index (χ0v) is 28.4. The van der Waals surface area contributed by atoms with Gasteiger partial charge in [0, 0.05) is 47.2 Å². The summed E-state index contributed by atoms with van der Waals surface area (Å²) in [4.78, 5) is 56.9. The Morgan fingerprint density at radius 1 is 0.952 bits per heavy atom. The van der Waals surface area contributed by atoms with Crippen LogP contribution in [0.2, 0.25) is 0 Å². The molecule has 1 aliphatic heterocycles. The summed E-state index contributed by atoms with van der Waals surface area (Å²) in [5.41, 5.74) is 0. The summed E-state index contributed by atoms with van der Waals surface area (Å²) in [6, 6.07) is -0.886. The molecule has 0 saturated carbocycles. The van der Waals surface area contributed by atoms with Crippen LogP contribution in [0.3, 0.4) is 0 Å². The summed E-state index contributed by atoms with van der Waals surface area (Å²) in [5, 5.41) is 5.79. The minimum Gasteiger partial charge on any atom is -0.379 e. The first-order chi connectivity index (χ1) is 19.7. The molecule has 1 rings (SSSR count). The molecule has 0 aromatic carbocycles. The van der Waals surface area contributed by atoms with Crippen molar-refractivity contribution in [2.75, 3.05) is 41.9 Å². The first-order valence-electron chi connectivity index (χ1n) is 15.7. The number of ketones is 1. The van der Waals surface area contributed by atoms with Gasteiger partial charge in [0.2, 0.25) is 17.7 Å². The van der Waals surface area contributed by atoms with E-state index in [-0.39, 0.29) is 72.2 Å². The Bertz CT molecular complexity index is 881. The Balaban J connectivity index is 3.24. The largest absolute Gasteiger partial charge is 0.379 e. The Morgan fingerprint density at radius 2 is 1.57 bits per heavy atom. The zero-order valence-electron chi connectivity index (χ0n) is 28.4. The molecular formula is C32H60N4O6. The average molecular weight is 597 g/mol. The van der Waals surface area contributed by atoms with Gasteiger partial charge >= 0.3 is 0 Å². The van der Waals surface area contributed by atoms with Crippen molar-refractivity contribution in [1.29, 1.82) is 0 Å². The number of hydrogen-bond donors (Lipinski definition) is 2. The molecule has 3 amide bonds. The molecule has 10 heteroatoms. The van der Waals surface area contributed by atoms with E-state index in [4.69, 9.17) is 9.47 Å². The molecule has 2 N–H and O–H groups in total. The molecule has 1 heterocycles. The van der Waals surface area contributed by atoms with E-state index in [1.807, 2.05) is 39.5 Å². The molecule has 0 spiro atoms. The van der Waals surface area contributed by atoms with Crippen LogP contribution in [-0.4, -0.2) is 106 Å². The summed E-state index contributed by atoms with van der Waals surface area (Å²) < 4.78 is 11.7. The van der Waals surface area contributed by atoms with E-state index >= 15 is 0 Å². The van der Waals surface area contributed by atoms with Gasteiger partial charge in [-0.3, -0.25) is 19.2 Å². The van der Waals surface area contributed by atoms with Gasteiger partial charge in [-0.2, -0.15) is 0 Å². The van der Waals surface area contributed by atoms with E-state index in [9.17, 15) is 19.2 Å². The third kappa shape index (κ3) is 9.48. The molecule has 244 valence electrons. The number of Topliss-reactive ketones (excluding diaryl/α,β-unsaturated/α-hetero) is 1. The standard InChI is InChI=1S/C32H60N4O6/c1-13-21(6)29(35(10)32(40)23(19(2)3)17-25(37)28(33-8)20(4)5)26(41-11)18-27(38)36-16-14-15-24(36)30(42-12)22(7)31(39)34-9/h19-24,26,28-30,33H,13-18H2,1-12H3,(H,34,39)/t21?,22-,23+,24+,26-,28+,29?,30-/m1/s1. The van der Waals surface area contributed by atoms with Gasteiger partial charge in [0.05, 0.1) is 42.7 Å². The normalized spacial score (nSPS) is 20.5. The summed E-state index contributed by atoms with van der Waals surface area (Å²) in [5.74, 6) is -1.03. The predicted octanol–water partition coefficient (Wildman–Crippen LogP) is 3.13. The minimum absolute atomic E-state index is 0.0327. The van der Waals surface area contributed by atoms with Crippen LogP contribution < -0.4 is 10.6 Å². The van der Waals surface area contributed by atoms with Gasteiger partial charge in [0.25, 0.3) is 0 Å². The third-order valence-corrected chi connectivity index (χ3v) is 9.37. The van der Waals surface area contributed by atoms with Crippen LogP contribution in [0, 0.1) is 29.6 Å². The summed E-state index contributed by atoms with van der Waals surface area (Å²) in [6.07, 6.45) is 1.67. The molecule has 8 atom stereocenters. The smallest absolute Gasteiger partial charge is 0.226 e. The number of hydrogen-bond acceptors (Lipinski definition) is 7. The first kappa shape index (κ1) is 38.0. The second kappa shape index (κ2) is 17.9. The fraction of sp³-hybridized carbons (Fsp3) is 0.875. The molecule has 0 aromatic rings. The number of likely N-dealkylation sites (N-methyl/N-ethyl adjacent to an activating group) is 2. The van der Waals surface area contributed by atoms with Crippen LogP contribution in [-0.2, 0) is 28.7 Å². The summed E-state index contributed by atoms with van der Waals surface area (Å²) in [6.45, 7) is 14.5. The molecule has 0 bridgehead atoms. The number of amides is 3. The Kier molecular flexibility index (Phi) is 16.2. The Hall–Kier alpha value is -2.04. The van der Waals surface area contributed by atoms with Crippen molar-refractivity contribution < 1.29 is 28.7 Å². The maximum atomic E-state index is 14.0. The van der Waals surface area contributed by atoms with Gasteiger partial charge in [-0.05, 0) is 37.6 Å². The highest BCUT2D eigenvalue weighted by Crippen LogP contribution is 2.30. The molecule has 2 unspecified atom stereocenters. The van der Waals surface area contributed by atoms with E-state index < -0.39 is 24.0 Å². The summed E-state index contributed by atoms with van der Waals surface area (Å²) >= 11 is 0. The van der Waals surface area contributed by atoms with Crippen molar-refractivity contribution in [3.63, 3.8) is 0 Å². The van der Waals surface area contributed by atoms with Crippen molar-refractivity contribution in [1.82, 2.24) is 20.4 Å². The molecule has 1 aliphatic rings. The van der Waals surface area contributed by atoms with E-state index in [1.165, 1.54) is 0 Å². The lowest BCUT2D eigenvalue weighted by atomic mass is 9.84. The van der Waals surface area contributed by atoms with Crippen LogP contribution in [0.4, 0.5) is 0 Å². The van der Waals surface area contributed by atoms with Crippen molar-refractivity contribution >= 4 is 23.5 Å². The van der Waals surface area contributed by atoms with Crippen LogP contribution in [0.5, 0.6) is 0 Å². The van der Waals surface area contributed by atoms with Gasteiger partial charge in [-0.1, -0.05) is 54.9 Å². The van der Waals surface area contributed by atoms with Gasteiger partial charge in [0.15, 0.2) is 5.78 Å². The second-order valence-electron chi connectivity index (χ2n) is 12.7. The average Bonchev–Trinajstić information content (AvgIpc) is 3.44. The van der Waals surface area contributed by atoms with E-state index in [0.717, 1.165) is 19.3 Å². The predicted molar refractivity (Wildman–Crippen MR) is 166 cm³/mol. The second-order valence-corrected chi connectivity index (χ2v) is 12.7. The fourth-order valence-electron chi connectivity index (χ4n) is 6.61. The molecule has 42 heavy (non-hydrogen) atoms.